The van der Waals surface area contributed by atoms with Gasteiger partial charge in [-0.3, -0.25) is 4.79 Å². The summed E-state index contributed by atoms with van der Waals surface area (Å²) in [5.41, 5.74) is 6.10. The van der Waals surface area contributed by atoms with Crippen molar-refractivity contribution in [2.24, 2.45) is 11.7 Å². The highest BCUT2D eigenvalue weighted by atomic mass is 35.5. The summed E-state index contributed by atoms with van der Waals surface area (Å²) in [4.78, 5) is 14.6. The molecule has 0 atom stereocenters. The summed E-state index contributed by atoms with van der Waals surface area (Å²) in [5, 5.41) is 0.560. The molecule has 19 heavy (non-hydrogen) atoms. The minimum absolute atomic E-state index is 0.0348. The fourth-order valence-electron chi connectivity index (χ4n) is 1.77. The molecule has 0 spiro atoms. The number of nitrogens with zero attached hydrogens (tertiary/aromatic N) is 1. The summed E-state index contributed by atoms with van der Waals surface area (Å²) >= 11 is 10.8. The topological polar surface area (TPSA) is 46.3 Å². The Hall–Kier alpha value is -1.13. The highest BCUT2D eigenvalue weighted by Gasteiger charge is 2.17. The van der Waals surface area contributed by atoms with Crippen LogP contribution in [0.3, 0.4) is 0 Å². The van der Waals surface area contributed by atoms with Crippen LogP contribution in [0, 0.1) is 5.92 Å². The van der Waals surface area contributed by atoms with Gasteiger partial charge in [0.25, 0.3) is 5.91 Å². The third-order valence-corrected chi connectivity index (χ3v) is 3.01. The number of rotatable bonds is 6. The lowest BCUT2D eigenvalue weighted by Gasteiger charge is -2.24. The first-order valence-corrected chi connectivity index (χ1v) is 7.02. The first-order valence-electron chi connectivity index (χ1n) is 6.23. The molecule has 3 nitrogen and oxygen atoms in total. The quantitative estimate of drug-likeness (QED) is 0.821. The molecule has 0 bridgehead atoms. The van der Waals surface area contributed by atoms with Gasteiger partial charge in [0.1, 0.15) is 0 Å². The normalized spacial score (nSPS) is 10.5. The molecule has 5 heteroatoms. The second-order valence-corrected chi connectivity index (χ2v) is 5.83. The predicted octanol–water partition coefficient (Wildman–Crippen LogP) is 3.11. The van der Waals surface area contributed by atoms with Crippen LogP contribution in [-0.2, 0) is 0 Å². The van der Waals surface area contributed by atoms with E-state index in [-0.39, 0.29) is 5.91 Å². The predicted molar refractivity (Wildman–Crippen MR) is 83.6 cm³/mol. The summed E-state index contributed by atoms with van der Waals surface area (Å²) < 4.78 is 0. The van der Waals surface area contributed by atoms with E-state index < -0.39 is 0 Å². The maximum Gasteiger partial charge on any atom is 0.253 e. The third-order valence-electron chi connectivity index (χ3n) is 2.57. The van der Waals surface area contributed by atoms with Crippen molar-refractivity contribution in [1.29, 1.82) is 0 Å². The van der Waals surface area contributed by atoms with Gasteiger partial charge in [-0.25, -0.2) is 0 Å². The van der Waals surface area contributed by atoms with Crippen LogP contribution in [0.15, 0.2) is 24.3 Å². The summed E-state index contributed by atoms with van der Waals surface area (Å²) in [7, 11) is 0. The smallest absolute Gasteiger partial charge is 0.253 e. The molecule has 0 aromatic heterocycles. The molecular formula is C14H19ClN2OS. The molecule has 0 aliphatic rings. The summed E-state index contributed by atoms with van der Waals surface area (Å²) in [6, 6.07) is 6.97. The van der Waals surface area contributed by atoms with E-state index in [1.807, 2.05) is 0 Å². The Morgan fingerprint density at radius 1 is 1.47 bits per heavy atom. The molecule has 1 aromatic rings. The van der Waals surface area contributed by atoms with Crippen LogP contribution in [0.25, 0.3) is 0 Å². The number of thiocarbonyl (C=S) groups is 1. The van der Waals surface area contributed by atoms with E-state index in [1.54, 1.807) is 29.2 Å². The van der Waals surface area contributed by atoms with Crippen molar-refractivity contribution in [3.05, 3.63) is 34.9 Å². The van der Waals surface area contributed by atoms with E-state index in [0.29, 0.717) is 41.0 Å². The molecule has 1 amide bonds. The van der Waals surface area contributed by atoms with Crippen molar-refractivity contribution >= 4 is 34.7 Å². The van der Waals surface area contributed by atoms with Crippen molar-refractivity contribution in [3.8, 4) is 0 Å². The standard InChI is InChI=1S/C14H19ClN2OS/c1-10(2)9-17(7-6-13(16)19)14(18)11-4-3-5-12(15)8-11/h3-5,8,10H,6-7,9H2,1-2H3,(H2,16,19). The van der Waals surface area contributed by atoms with Crippen molar-refractivity contribution in [1.82, 2.24) is 4.90 Å². The van der Waals surface area contributed by atoms with Crippen LogP contribution in [0.5, 0.6) is 0 Å². The first kappa shape index (κ1) is 15.9. The molecule has 0 saturated heterocycles. The molecule has 0 unspecified atom stereocenters. The van der Waals surface area contributed by atoms with Crippen molar-refractivity contribution in [2.75, 3.05) is 13.1 Å². The molecule has 0 fully saturated rings. The van der Waals surface area contributed by atoms with Gasteiger partial charge in [0.05, 0.1) is 4.99 Å². The van der Waals surface area contributed by atoms with Crippen LogP contribution >= 0.6 is 23.8 Å². The molecule has 0 saturated carbocycles. The Labute approximate surface area is 124 Å². The maximum absolute atomic E-state index is 12.4. The van der Waals surface area contributed by atoms with Gasteiger partial charge in [-0.15, -0.1) is 0 Å². The molecule has 1 aromatic carbocycles. The van der Waals surface area contributed by atoms with E-state index in [4.69, 9.17) is 29.6 Å². The largest absolute Gasteiger partial charge is 0.393 e. The molecule has 0 aliphatic heterocycles. The number of nitrogens with two attached hydrogens (primary N) is 1. The van der Waals surface area contributed by atoms with Crippen LogP contribution in [0.2, 0.25) is 5.02 Å². The van der Waals surface area contributed by atoms with E-state index in [9.17, 15) is 4.79 Å². The van der Waals surface area contributed by atoms with Crippen LogP contribution in [-0.4, -0.2) is 28.9 Å². The maximum atomic E-state index is 12.4. The Morgan fingerprint density at radius 2 is 2.16 bits per heavy atom. The van der Waals surface area contributed by atoms with E-state index in [2.05, 4.69) is 13.8 Å². The second kappa shape index (κ2) is 7.46. The number of hydrogen-bond donors (Lipinski definition) is 1. The second-order valence-electron chi connectivity index (χ2n) is 4.87. The van der Waals surface area contributed by atoms with Gasteiger partial charge in [0.2, 0.25) is 0 Å². The lowest BCUT2D eigenvalue weighted by atomic mass is 10.1. The van der Waals surface area contributed by atoms with Gasteiger partial charge >= 0.3 is 0 Å². The van der Waals surface area contributed by atoms with Gasteiger partial charge in [0, 0.05) is 30.1 Å². The van der Waals surface area contributed by atoms with Gasteiger partial charge in [-0.05, 0) is 24.1 Å². The van der Waals surface area contributed by atoms with Crippen molar-refractivity contribution in [3.63, 3.8) is 0 Å². The minimum atomic E-state index is -0.0348. The Bertz CT molecular complexity index is 463. The highest BCUT2D eigenvalue weighted by molar-refractivity contribution is 7.80. The van der Waals surface area contributed by atoms with Crippen LogP contribution < -0.4 is 5.73 Å². The molecular weight excluding hydrogens is 280 g/mol. The SMILES string of the molecule is CC(C)CN(CCC(N)=S)C(=O)c1cccc(Cl)c1. The Balaban J connectivity index is 2.83. The van der Waals surface area contributed by atoms with E-state index >= 15 is 0 Å². The summed E-state index contributed by atoms with van der Waals surface area (Å²) in [6.07, 6.45) is 0.536. The molecule has 1 rings (SSSR count). The lowest BCUT2D eigenvalue weighted by molar-refractivity contribution is 0.0741. The monoisotopic (exact) mass is 298 g/mol. The van der Waals surface area contributed by atoms with Crippen molar-refractivity contribution in [2.45, 2.75) is 20.3 Å². The average Bonchev–Trinajstić information content (AvgIpc) is 2.33. The molecule has 104 valence electrons. The highest BCUT2D eigenvalue weighted by Crippen LogP contribution is 2.14. The fraction of sp³-hybridized carbons (Fsp3) is 0.429. The van der Waals surface area contributed by atoms with Crippen molar-refractivity contribution < 1.29 is 4.79 Å². The van der Waals surface area contributed by atoms with Crippen LogP contribution in [0.4, 0.5) is 0 Å². The number of halogens is 1. The zero-order chi connectivity index (χ0) is 14.4. The number of hydrogen-bond acceptors (Lipinski definition) is 2. The average molecular weight is 299 g/mol. The number of benzene rings is 1. The summed E-state index contributed by atoms with van der Waals surface area (Å²) in [5.74, 6) is 0.349. The van der Waals surface area contributed by atoms with Gasteiger partial charge in [0.15, 0.2) is 0 Å². The molecule has 0 heterocycles. The number of amides is 1. The minimum Gasteiger partial charge on any atom is -0.393 e. The lowest BCUT2D eigenvalue weighted by Crippen LogP contribution is -2.36. The van der Waals surface area contributed by atoms with Gasteiger partial charge in [-0.1, -0.05) is 43.7 Å². The molecule has 0 radical (unpaired) electrons. The number of carbonyl (C=O) groups excluding carboxylic acids is 1. The van der Waals surface area contributed by atoms with Crippen LogP contribution in [0.1, 0.15) is 30.6 Å². The third kappa shape index (κ3) is 5.57. The molecule has 2 N–H and O–H groups in total. The zero-order valence-corrected chi connectivity index (χ0v) is 12.8. The zero-order valence-electron chi connectivity index (χ0n) is 11.2. The Morgan fingerprint density at radius 3 is 2.68 bits per heavy atom. The van der Waals surface area contributed by atoms with Gasteiger partial charge in [-0.2, -0.15) is 0 Å². The van der Waals surface area contributed by atoms with E-state index in [0.717, 1.165) is 0 Å². The van der Waals surface area contributed by atoms with E-state index in [1.165, 1.54) is 0 Å². The van der Waals surface area contributed by atoms with Gasteiger partial charge < -0.3 is 10.6 Å². The number of carbonyl (C=O) groups is 1. The first-order chi connectivity index (χ1) is 8.90. The fourth-order valence-corrected chi connectivity index (χ4v) is 2.05. The summed E-state index contributed by atoms with van der Waals surface area (Å²) in [6.45, 7) is 5.35. The Kier molecular flexibility index (Phi) is 6.25. The molecule has 0 aliphatic carbocycles.